The van der Waals surface area contributed by atoms with Crippen LogP contribution in [-0.4, -0.2) is 18.1 Å². The molecule has 2 aromatic carbocycles. The topological polar surface area (TPSA) is 77.2 Å². The second kappa shape index (κ2) is 7.60. The molecule has 2 atom stereocenters. The van der Waals surface area contributed by atoms with E-state index in [2.05, 4.69) is 33.9 Å². The zero-order valence-electron chi connectivity index (χ0n) is 14.2. The van der Waals surface area contributed by atoms with Gasteiger partial charge in [0.05, 0.1) is 0 Å². The molecule has 5 N–H and O–H groups in total. The first kappa shape index (κ1) is 17.3. The largest absolute Gasteiger partial charge is 0.367 e. The van der Waals surface area contributed by atoms with Crippen molar-refractivity contribution >= 4 is 11.6 Å². The Bertz CT molecular complexity index is 767. The van der Waals surface area contributed by atoms with Crippen molar-refractivity contribution in [1.82, 2.24) is 21.7 Å². The number of rotatable bonds is 5. The van der Waals surface area contributed by atoms with Gasteiger partial charge in [0.1, 0.15) is 18.0 Å². The quantitative estimate of drug-likeness (QED) is 0.568. The third-order valence-corrected chi connectivity index (χ3v) is 4.31. The van der Waals surface area contributed by atoms with Crippen LogP contribution >= 0.6 is 0 Å². The fourth-order valence-corrected chi connectivity index (χ4v) is 2.64. The molecule has 1 heterocycles. The van der Waals surface area contributed by atoms with Crippen molar-refractivity contribution in [1.29, 1.82) is 0 Å². The number of hydrogen-bond acceptors (Lipinski definition) is 5. The first-order chi connectivity index (χ1) is 12.0. The molecule has 25 heavy (non-hydrogen) atoms. The third-order valence-electron chi connectivity index (χ3n) is 4.31. The van der Waals surface area contributed by atoms with Crippen molar-refractivity contribution in [3.05, 3.63) is 65.0 Å². The van der Waals surface area contributed by atoms with E-state index in [9.17, 15) is 9.18 Å². The van der Waals surface area contributed by atoms with Gasteiger partial charge in [-0.15, -0.1) is 0 Å². The average Bonchev–Trinajstić information content (AvgIpc) is 3.05. The lowest BCUT2D eigenvalue weighted by molar-refractivity contribution is -0.123. The summed E-state index contributed by atoms with van der Waals surface area (Å²) in [4.78, 5) is 12.4. The number of amides is 1. The van der Waals surface area contributed by atoms with Gasteiger partial charge in [-0.1, -0.05) is 24.3 Å². The van der Waals surface area contributed by atoms with Gasteiger partial charge in [-0.3, -0.25) is 4.79 Å². The van der Waals surface area contributed by atoms with Crippen LogP contribution in [0.25, 0.3) is 0 Å². The van der Waals surface area contributed by atoms with Crippen molar-refractivity contribution in [2.24, 2.45) is 0 Å². The fraction of sp³-hybridized carbons (Fsp3) is 0.278. The second-order valence-corrected chi connectivity index (χ2v) is 6.12. The predicted molar refractivity (Wildman–Crippen MR) is 94.8 cm³/mol. The Morgan fingerprint density at radius 3 is 2.68 bits per heavy atom. The molecule has 1 amide bonds. The smallest absolute Gasteiger partial charge is 0.242 e. The number of carbonyl (C=O) groups is 1. The third kappa shape index (κ3) is 4.14. The fourth-order valence-electron chi connectivity index (χ4n) is 2.64. The van der Waals surface area contributed by atoms with Gasteiger partial charge in [-0.25, -0.2) is 15.2 Å². The lowest BCUT2D eigenvalue weighted by Gasteiger charge is -2.20. The van der Waals surface area contributed by atoms with E-state index in [-0.39, 0.29) is 24.4 Å². The summed E-state index contributed by atoms with van der Waals surface area (Å²) in [7, 11) is 0. The van der Waals surface area contributed by atoms with E-state index >= 15 is 0 Å². The number of hydrogen-bond donors (Lipinski definition) is 5. The van der Waals surface area contributed by atoms with Crippen LogP contribution in [0.5, 0.6) is 0 Å². The molecule has 1 aliphatic rings. The normalized spacial score (nSPS) is 19.6. The molecular weight excluding hydrogens is 321 g/mol. The van der Waals surface area contributed by atoms with Crippen molar-refractivity contribution in [3.63, 3.8) is 0 Å². The van der Waals surface area contributed by atoms with Crippen molar-refractivity contribution in [2.75, 3.05) is 5.32 Å². The highest BCUT2D eigenvalue weighted by atomic mass is 19.1. The number of anilines is 1. The summed E-state index contributed by atoms with van der Waals surface area (Å²) in [5, 5.41) is 6.03. The SMILES string of the molecule is Cc1ccc(NC2NNNC2C(=O)NCc2ccccc2F)cc1C. The second-order valence-electron chi connectivity index (χ2n) is 6.12. The minimum atomic E-state index is -0.548. The molecule has 132 valence electrons. The Morgan fingerprint density at radius 1 is 1.12 bits per heavy atom. The van der Waals surface area contributed by atoms with Crippen LogP contribution in [0, 0.1) is 19.7 Å². The van der Waals surface area contributed by atoms with Crippen molar-refractivity contribution in [3.8, 4) is 0 Å². The highest BCUT2D eigenvalue weighted by Crippen LogP contribution is 2.16. The van der Waals surface area contributed by atoms with Gasteiger partial charge in [-0.2, -0.15) is 5.53 Å². The van der Waals surface area contributed by atoms with Crippen LogP contribution in [0.4, 0.5) is 10.1 Å². The molecular formula is C18H22FN5O. The standard InChI is InChI=1S/C18H22FN5O/c1-11-7-8-14(9-12(11)2)21-17-16(22-24-23-17)18(25)20-10-13-5-3-4-6-15(13)19/h3-9,16-17,21-24H,10H2,1-2H3,(H,20,25). The van der Waals surface area contributed by atoms with E-state index in [0.29, 0.717) is 5.56 Å². The van der Waals surface area contributed by atoms with Gasteiger partial charge >= 0.3 is 0 Å². The van der Waals surface area contributed by atoms with Gasteiger partial charge < -0.3 is 10.6 Å². The first-order valence-corrected chi connectivity index (χ1v) is 8.15. The molecule has 2 aromatic rings. The molecule has 0 aliphatic carbocycles. The molecule has 0 spiro atoms. The van der Waals surface area contributed by atoms with Gasteiger partial charge in [0, 0.05) is 17.8 Å². The summed E-state index contributed by atoms with van der Waals surface area (Å²) in [6, 6.07) is 11.9. The lowest BCUT2D eigenvalue weighted by Crippen LogP contribution is -2.50. The zero-order valence-corrected chi connectivity index (χ0v) is 14.2. The summed E-state index contributed by atoms with van der Waals surface area (Å²) < 4.78 is 13.6. The van der Waals surface area contributed by atoms with E-state index in [1.165, 1.54) is 17.2 Å². The maximum Gasteiger partial charge on any atom is 0.242 e. The number of carbonyl (C=O) groups excluding carboxylic acids is 1. The van der Waals surface area contributed by atoms with E-state index in [1.54, 1.807) is 18.2 Å². The highest BCUT2D eigenvalue weighted by Gasteiger charge is 2.32. The highest BCUT2D eigenvalue weighted by molar-refractivity contribution is 5.83. The summed E-state index contributed by atoms with van der Waals surface area (Å²) in [6.07, 6.45) is -0.345. The average molecular weight is 343 g/mol. The van der Waals surface area contributed by atoms with Crippen molar-refractivity contribution in [2.45, 2.75) is 32.6 Å². The summed E-state index contributed by atoms with van der Waals surface area (Å²) in [5.74, 6) is -0.565. The maximum atomic E-state index is 13.6. The lowest BCUT2D eigenvalue weighted by atomic mass is 10.1. The predicted octanol–water partition coefficient (Wildman–Crippen LogP) is 1.48. The van der Waals surface area contributed by atoms with Gasteiger partial charge in [0.15, 0.2) is 0 Å². The van der Waals surface area contributed by atoms with Gasteiger partial charge in [-0.05, 0) is 43.2 Å². The van der Waals surface area contributed by atoms with E-state index in [4.69, 9.17) is 0 Å². The number of aryl methyl sites for hydroxylation is 2. The Labute approximate surface area is 146 Å². The van der Waals surface area contributed by atoms with Crippen molar-refractivity contribution < 1.29 is 9.18 Å². The summed E-state index contributed by atoms with van der Waals surface area (Å²) in [5.41, 5.74) is 12.4. The number of benzene rings is 2. The Kier molecular flexibility index (Phi) is 5.28. The first-order valence-electron chi connectivity index (χ1n) is 8.15. The molecule has 0 bridgehead atoms. The Morgan fingerprint density at radius 2 is 1.92 bits per heavy atom. The summed E-state index contributed by atoms with van der Waals surface area (Å²) >= 11 is 0. The number of hydrazine groups is 2. The molecule has 2 unspecified atom stereocenters. The van der Waals surface area contributed by atoms with E-state index in [1.807, 2.05) is 25.1 Å². The molecule has 7 heteroatoms. The summed E-state index contributed by atoms with van der Waals surface area (Å²) in [6.45, 7) is 4.23. The zero-order chi connectivity index (χ0) is 17.8. The molecule has 6 nitrogen and oxygen atoms in total. The van der Waals surface area contributed by atoms with Gasteiger partial charge in [0.25, 0.3) is 0 Å². The molecule has 3 rings (SSSR count). The molecule has 0 aromatic heterocycles. The molecule has 1 saturated heterocycles. The molecule has 0 saturated carbocycles. The van der Waals surface area contributed by atoms with Crippen LogP contribution in [0.2, 0.25) is 0 Å². The van der Waals surface area contributed by atoms with E-state index < -0.39 is 6.04 Å². The molecule has 0 radical (unpaired) electrons. The van der Waals surface area contributed by atoms with Crippen LogP contribution in [-0.2, 0) is 11.3 Å². The Hall–Kier alpha value is -2.48. The maximum absolute atomic E-state index is 13.6. The minimum absolute atomic E-state index is 0.139. The van der Waals surface area contributed by atoms with Gasteiger partial charge in [0.2, 0.25) is 5.91 Å². The molecule has 1 fully saturated rings. The monoisotopic (exact) mass is 343 g/mol. The van der Waals surface area contributed by atoms with Crippen LogP contribution in [0.15, 0.2) is 42.5 Å². The molecule has 1 aliphatic heterocycles. The van der Waals surface area contributed by atoms with Crippen LogP contribution in [0.1, 0.15) is 16.7 Å². The minimum Gasteiger partial charge on any atom is -0.367 e. The number of nitrogens with one attached hydrogen (secondary N) is 5. The van der Waals surface area contributed by atoms with Crippen LogP contribution in [0.3, 0.4) is 0 Å². The Balaban J connectivity index is 1.61. The van der Waals surface area contributed by atoms with E-state index in [0.717, 1.165) is 5.69 Å². The van der Waals surface area contributed by atoms with Crippen LogP contribution < -0.4 is 27.0 Å². The number of halogens is 1.